The Hall–Kier alpha value is -2.70. The van der Waals surface area contributed by atoms with E-state index in [1.54, 1.807) is 24.3 Å². The molecule has 0 fully saturated rings. The van der Waals surface area contributed by atoms with E-state index in [1.807, 2.05) is 56.3 Å². The molecule has 3 aromatic rings. The summed E-state index contributed by atoms with van der Waals surface area (Å²) in [6, 6.07) is 20.4. The smallest absolute Gasteiger partial charge is 0.240 e. The minimum atomic E-state index is -3.61. The third kappa shape index (κ3) is 4.77. The monoisotopic (exact) mass is 396 g/mol. The van der Waals surface area contributed by atoms with E-state index in [4.69, 9.17) is 0 Å². The molecule has 0 aliphatic rings. The van der Waals surface area contributed by atoms with Crippen LogP contribution < -0.4 is 10.0 Å². The Morgan fingerprint density at radius 1 is 0.964 bits per heavy atom. The molecule has 1 amide bonds. The molecule has 0 heterocycles. The summed E-state index contributed by atoms with van der Waals surface area (Å²) in [6.45, 7) is 3.87. The number of aryl methyl sites for hydroxylation is 1. The maximum atomic E-state index is 12.3. The summed E-state index contributed by atoms with van der Waals surface area (Å²) in [5.41, 5.74) is 2.02. The van der Waals surface area contributed by atoms with Gasteiger partial charge in [-0.3, -0.25) is 4.79 Å². The quantitative estimate of drug-likeness (QED) is 0.639. The average molecular weight is 397 g/mol. The number of rotatable bonds is 7. The van der Waals surface area contributed by atoms with Crippen LogP contribution in [-0.4, -0.2) is 20.9 Å². The molecule has 0 saturated heterocycles. The standard InChI is InChI=1S/C22H24N2O3S/c1-16-10-12-19(13-11-16)28(26,27)23-15-14-22(25)24-17(2)20-9-5-7-18-6-3-4-8-21(18)20/h3-13,17,23H,14-15H2,1-2H3,(H,24,25)/t17-/m1/s1. The van der Waals surface area contributed by atoms with E-state index in [2.05, 4.69) is 10.0 Å². The molecule has 0 aliphatic carbocycles. The van der Waals surface area contributed by atoms with Gasteiger partial charge in [0.25, 0.3) is 0 Å². The fourth-order valence-corrected chi connectivity index (χ4v) is 4.15. The first-order valence-electron chi connectivity index (χ1n) is 9.20. The van der Waals surface area contributed by atoms with E-state index >= 15 is 0 Å². The summed E-state index contributed by atoms with van der Waals surface area (Å²) < 4.78 is 27.0. The van der Waals surface area contributed by atoms with E-state index in [9.17, 15) is 13.2 Å². The first-order chi connectivity index (χ1) is 13.4. The zero-order chi connectivity index (χ0) is 20.1. The normalized spacial score (nSPS) is 12.6. The van der Waals surface area contributed by atoms with Crippen molar-refractivity contribution >= 4 is 26.7 Å². The minimum absolute atomic E-state index is 0.0459. The van der Waals surface area contributed by atoms with Crippen molar-refractivity contribution in [3.63, 3.8) is 0 Å². The second-order valence-corrected chi connectivity index (χ2v) is 8.59. The van der Waals surface area contributed by atoms with Crippen molar-refractivity contribution in [3.05, 3.63) is 77.9 Å². The summed E-state index contributed by atoms with van der Waals surface area (Å²) in [4.78, 5) is 12.5. The second kappa shape index (κ2) is 8.54. The summed E-state index contributed by atoms with van der Waals surface area (Å²) in [7, 11) is -3.61. The highest BCUT2D eigenvalue weighted by molar-refractivity contribution is 7.89. The van der Waals surface area contributed by atoms with Gasteiger partial charge in [0.15, 0.2) is 0 Å². The largest absolute Gasteiger partial charge is 0.350 e. The summed E-state index contributed by atoms with van der Waals surface area (Å²) >= 11 is 0. The van der Waals surface area contributed by atoms with Crippen LogP contribution in [0.2, 0.25) is 0 Å². The summed E-state index contributed by atoms with van der Waals surface area (Å²) in [5, 5.41) is 5.16. The van der Waals surface area contributed by atoms with Crippen LogP contribution in [0.4, 0.5) is 0 Å². The molecule has 0 saturated carbocycles. The molecule has 28 heavy (non-hydrogen) atoms. The number of nitrogens with one attached hydrogen (secondary N) is 2. The number of hydrogen-bond donors (Lipinski definition) is 2. The zero-order valence-electron chi connectivity index (χ0n) is 16.0. The van der Waals surface area contributed by atoms with Crippen LogP contribution in [0.1, 0.15) is 30.5 Å². The summed E-state index contributed by atoms with van der Waals surface area (Å²) in [5.74, 6) is -0.202. The third-order valence-corrected chi connectivity index (χ3v) is 6.12. The minimum Gasteiger partial charge on any atom is -0.350 e. The van der Waals surface area contributed by atoms with Crippen LogP contribution in [-0.2, 0) is 14.8 Å². The molecule has 146 valence electrons. The van der Waals surface area contributed by atoms with E-state index in [1.165, 1.54) is 0 Å². The van der Waals surface area contributed by atoms with Crippen molar-refractivity contribution in [3.8, 4) is 0 Å². The van der Waals surface area contributed by atoms with Crippen molar-refractivity contribution in [2.24, 2.45) is 0 Å². The molecule has 0 aliphatic heterocycles. The first-order valence-corrected chi connectivity index (χ1v) is 10.7. The number of carbonyl (C=O) groups is 1. The van der Waals surface area contributed by atoms with Crippen molar-refractivity contribution < 1.29 is 13.2 Å². The molecule has 0 unspecified atom stereocenters. The number of amides is 1. The highest BCUT2D eigenvalue weighted by Gasteiger charge is 2.15. The molecule has 0 radical (unpaired) electrons. The van der Waals surface area contributed by atoms with Gasteiger partial charge in [-0.25, -0.2) is 13.1 Å². The van der Waals surface area contributed by atoms with Gasteiger partial charge in [-0.2, -0.15) is 0 Å². The predicted octanol–water partition coefficient (Wildman–Crippen LogP) is 3.69. The third-order valence-electron chi connectivity index (χ3n) is 4.64. The van der Waals surface area contributed by atoms with Gasteiger partial charge in [0, 0.05) is 13.0 Å². The predicted molar refractivity (Wildman–Crippen MR) is 111 cm³/mol. The lowest BCUT2D eigenvalue weighted by molar-refractivity contribution is -0.121. The Morgan fingerprint density at radius 2 is 1.64 bits per heavy atom. The molecule has 3 rings (SSSR count). The van der Waals surface area contributed by atoms with Gasteiger partial charge >= 0.3 is 0 Å². The Bertz CT molecular complexity index is 1070. The molecular formula is C22H24N2O3S. The average Bonchev–Trinajstić information content (AvgIpc) is 2.67. The molecule has 3 aromatic carbocycles. The molecule has 0 bridgehead atoms. The van der Waals surface area contributed by atoms with Gasteiger partial charge in [-0.1, -0.05) is 60.2 Å². The van der Waals surface area contributed by atoms with Crippen molar-refractivity contribution in [2.75, 3.05) is 6.54 Å². The number of fused-ring (bicyclic) bond motifs is 1. The van der Waals surface area contributed by atoms with Gasteiger partial charge in [0.2, 0.25) is 15.9 Å². The Balaban J connectivity index is 1.57. The number of hydrogen-bond acceptors (Lipinski definition) is 3. The Morgan fingerprint density at radius 3 is 2.39 bits per heavy atom. The van der Waals surface area contributed by atoms with Crippen LogP contribution >= 0.6 is 0 Å². The topological polar surface area (TPSA) is 75.3 Å². The molecule has 0 aromatic heterocycles. The van der Waals surface area contributed by atoms with E-state index in [-0.39, 0.29) is 29.8 Å². The Labute approximate surface area is 165 Å². The fourth-order valence-electron chi connectivity index (χ4n) is 3.12. The van der Waals surface area contributed by atoms with Gasteiger partial charge < -0.3 is 5.32 Å². The number of sulfonamides is 1. The molecule has 5 nitrogen and oxygen atoms in total. The van der Waals surface area contributed by atoms with Crippen LogP contribution in [0.5, 0.6) is 0 Å². The van der Waals surface area contributed by atoms with Crippen molar-refractivity contribution in [1.82, 2.24) is 10.0 Å². The second-order valence-electron chi connectivity index (χ2n) is 6.82. The maximum absolute atomic E-state index is 12.3. The van der Waals surface area contributed by atoms with Crippen LogP contribution in [0, 0.1) is 6.92 Å². The molecular weight excluding hydrogens is 372 g/mol. The highest BCUT2D eigenvalue weighted by atomic mass is 32.2. The number of carbonyl (C=O) groups excluding carboxylic acids is 1. The SMILES string of the molecule is Cc1ccc(S(=O)(=O)NCCC(=O)N[C@H](C)c2cccc3ccccc23)cc1. The van der Waals surface area contributed by atoms with E-state index in [0.29, 0.717) is 0 Å². The lowest BCUT2D eigenvalue weighted by Gasteiger charge is -2.17. The summed E-state index contributed by atoms with van der Waals surface area (Å²) in [6.07, 6.45) is 0.0696. The zero-order valence-corrected chi connectivity index (χ0v) is 16.8. The molecule has 1 atom stereocenters. The lowest BCUT2D eigenvalue weighted by Crippen LogP contribution is -2.32. The first kappa shape index (κ1) is 20.0. The van der Waals surface area contributed by atoms with Gasteiger partial charge in [-0.15, -0.1) is 0 Å². The van der Waals surface area contributed by atoms with Crippen LogP contribution in [0.25, 0.3) is 10.8 Å². The van der Waals surface area contributed by atoms with E-state index < -0.39 is 10.0 Å². The van der Waals surface area contributed by atoms with Crippen molar-refractivity contribution in [2.45, 2.75) is 31.2 Å². The number of benzene rings is 3. The maximum Gasteiger partial charge on any atom is 0.240 e. The van der Waals surface area contributed by atoms with E-state index in [0.717, 1.165) is 21.9 Å². The van der Waals surface area contributed by atoms with Crippen LogP contribution in [0.15, 0.2) is 71.6 Å². The Kier molecular flexibility index (Phi) is 6.11. The van der Waals surface area contributed by atoms with Gasteiger partial charge in [0.1, 0.15) is 0 Å². The lowest BCUT2D eigenvalue weighted by atomic mass is 9.99. The molecule has 6 heteroatoms. The van der Waals surface area contributed by atoms with Gasteiger partial charge in [0.05, 0.1) is 10.9 Å². The highest BCUT2D eigenvalue weighted by Crippen LogP contribution is 2.24. The fraction of sp³-hybridized carbons (Fsp3) is 0.227. The van der Waals surface area contributed by atoms with Crippen molar-refractivity contribution in [1.29, 1.82) is 0 Å². The van der Waals surface area contributed by atoms with Crippen LogP contribution in [0.3, 0.4) is 0 Å². The molecule has 2 N–H and O–H groups in total. The van der Waals surface area contributed by atoms with Gasteiger partial charge in [-0.05, 0) is 42.3 Å². The molecule has 0 spiro atoms.